The zero-order valence-corrected chi connectivity index (χ0v) is 15.5. The van der Waals surface area contributed by atoms with E-state index < -0.39 is 9.84 Å². The van der Waals surface area contributed by atoms with E-state index in [1.807, 2.05) is 18.2 Å². The number of amides is 1. The van der Waals surface area contributed by atoms with Crippen LogP contribution in [0.4, 0.5) is 5.69 Å². The Bertz CT molecular complexity index is 696. The first-order chi connectivity index (χ1) is 11.0. The minimum absolute atomic E-state index is 0.0150. The monoisotopic (exact) mass is 399 g/mol. The minimum Gasteiger partial charge on any atom is -0.312 e. The number of hydrogen-bond donors (Lipinski definition) is 0. The molecule has 0 radical (unpaired) electrons. The minimum atomic E-state index is -3.13. The standard InChI is InChI=1S/C17H22BrNO3S/c18-14-7-8-16-13(12-14)4-3-10-19(16)17(20)9-11-23(21,22)15-5-1-2-6-15/h7-8,12,15H,1-6,9-11H2. The number of anilines is 1. The van der Waals surface area contributed by atoms with Crippen molar-refractivity contribution in [3.8, 4) is 0 Å². The summed E-state index contributed by atoms with van der Waals surface area (Å²) in [5.41, 5.74) is 2.08. The van der Waals surface area contributed by atoms with Crippen LogP contribution in [0.25, 0.3) is 0 Å². The maximum Gasteiger partial charge on any atom is 0.228 e. The lowest BCUT2D eigenvalue weighted by Crippen LogP contribution is -2.37. The fourth-order valence-corrected chi connectivity index (χ4v) is 5.86. The average Bonchev–Trinajstić information content (AvgIpc) is 3.07. The van der Waals surface area contributed by atoms with Crippen LogP contribution < -0.4 is 4.90 Å². The Balaban J connectivity index is 1.68. The molecule has 1 amide bonds. The first-order valence-electron chi connectivity index (χ1n) is 8.28. The van der Waals surface area contributed by atoms with Gasteiger partial charge in [0.25, 0.3) is 0 Å². The number of sulfone groups is 1. The van der Waals surface area contributed by atoms with Crippen molar-refractivity contribution in [2.24, 2.45) is 0 Å². The summed E-state index contributed by atoms with van der Waals surface area (Å²) in [7, 11) is -3.13. The molecule has 1 aliphatic carbocycles. The zero-order chi connectivity index (χ0) is 16.4. The smallest absolute Gasteiger partial charge is 0.228 e. The summed E-state index contributed by atoms with van der Waals surface area (Å²) in [4.78, 5) is 14.3. The van der Waals surface area contributed by atoms with Crippen LogP contribution in [0.15, 0.2) is 22.7 Å². The summed E-state index contributed by atoms with van der Waals surface area (Å²) >= 11 is 3.46. The third-order valence-electron chi connectivity index (χ3n) is 4.87. The Morgan fingerprint density at radius 3 is 2.70 bits per heavy atom. The van der Waals surface area contributed by atoms with Gasteiger partial charge < -0.3 is 4.90 Å². The molecule has 0 N–H and O–H groups in total. The fourth-order valence-electron chi connectivity index (χ4n) is 3.60. The van der Waals surface area contributed by atoms with Gasteiger partial charge in [-0.3, -0.25) is 4.79 Å². The Morgan fingerprint density at radius 1 is 1.22 bits per heavy atom. The largest absolute Gasteiger partial charge is 0.312 e. The Morgan fingerprint density at radius 2 is 1.96 bits per heavy atom. The van der Waals surface area contributed by atoms with Crippen molar-refractivity contribution in [3.05, 3.63) is 28.2 Å². The third-order valence-corrected chi connectivity index (χ3v) is 7.63. The highest BCUT2D eigenvalue weighted by Gasteiger charge is 2.30. The van der Waals surface area contributed by atoms with Gasteiger partial charge in [0.05, 0.1) is 11.0 Å². The third kappa shape index (κ3) is 3.79. The zero-order valence-electron chi connectivity index (χ0n) is 13.1. The van der Waals surface area contributed by atoms with Gasteiger partial charge in [-0.15, -0.1) is 0 Å². The first-order valence-corrected chi connectivity index (χ1v) is 10.8. The maximum atomic E-state index is 12.6. The second kappa shape index (κ2) is 6.93. The van der Waals surface area contributed by atoms with Gasteiger partial charge in [0.15, 0.2) is 9.84 Å². The molecule has 0 unspecified atom stereocenters. The number of hydrogen-bond acceptors (Lipinski definition) is 3. The van der Waals surface area contributed by atoms with Crippen LogP contribution in [0.2, 0.25) is 0 Å². The van der Waals surface area contributed by atoms with Gasteiger partial charge in [0.2, 0.25) is 5.91 Å². The van der Waals surface area contributed by atoms with E-state index in [4.69, 9.17) is 0 Å². The van der Waals surface area contributed by atoms with Crippen molar-refractivity contribution in [2.75, 3.05) is 17.2 Å². The lowest BCUT2D eigenvalue weighted by molar-refractivity contribution is -0.118. The highest BCUT2D eigenvalue weighted by atomic mass is 79.9. The van der Waals surface area contributed by atoms with Crippen LogP contribution in [0.5, 0.6) is 0 Å². The van der Waals surface area contributed by atoms with E-state index in [9.17, 15) is 13.2 Å². The summed E-state index contributed by atoms with van der Waals surface area (Å²) < 4.78 is 25.7. The second-order valence-corrected chi connectivity index (χ2v) is 9.76. The van der Waals surface area contributed by atoms with Gasteiger partial charge in [0, 0.05) is 23.1 Å². The van der Waals surface area contributed by atoms with Crippen molar-refractivity contribution < 1.29 is 13.2 Å². The number of benzene rings is 1. The molecule has 1 fully saturated rings. The van der Waals surface area contributed by atoms with Crippen molar-refractivity contribution in [2.45, 2.75) is 50.2 Å². The van der Waals surface area contributed by atoms with E-state index in [0.717, 1.165) is 54.2 Å². The van der Waals surface area contributed by atoms with Crippen molar-refractivity contribution in [1.82, 2.24) is 0 Å². The molecule has 1 heterocycles. The molecule has 3 rings (SSSR count). The normalized spacial score (nSPS) is 18.9. The lowest BCUT2D eigenvalue weighted by Gasteiger charge is -2.30. The molecule has 0 bridgehead atoms. The van der Waals surface area contributed by atoms with Crippen LogP contribution in [-0.4, -0.2) is 31.9 Å². The maximum absolute atomic E-state index is 12.6. The molecule has 4 nitrogen and oxygen atoms in total. The number of fused-ring (bicyclic) bond motifs is 1. The molecule has 0 spiro atoms. The topological polar surface area (TPSA) is 54.5 Å². The van der Waals surface area contributed by atoms with Crippen LogP contribution in [0, 0.1) is 0 Å². The van der Waals surface area contributed by atoms with Crippen molar-refractivity contribution >= 4 is 37.4 Å². The Labute approximate surface area is 146 Å². The molecule has 0 saturated heterocycles. The first kappa shape index (κ1) is 17.0. The van der Waals surface area contributed by atoms with Crippen LogP contribution in [0.1, 0.15) is 44.1 Å². The van der Waals surface area contributed by atoms with Crippen LogP contribution in [-0.2, 0) is 21.1 Å². The van der Waals surface area contributed by atoms with Gasteiger partial charge in [-0.25, -0.2) is 8.42 Å². The van der Waals surface area contributed by atoms with E-state index >= 15 is 0 Å². The molecule has 1 aromatic carbocycles. The highest BCUT2D eigenvalue weighted by molar-refractivity contribution is 9.10. The van der Waals surface area contributed by atoms with Gasteiger partial charge in [0.1, 0.15) is 0 Å². The molecule has 1 aliphatic heterocycles. The molecule has 126 valence electrons. The van der Waals surface area contributed by atoms with Gasteiger partial charge in [-0.05, 0) is 49.4 Å². The van der Waals surface area contributed by atoms with E-state index in [-0.39, 0.29) is 23.3 Å². The number of carbonyl (C=O) groups is 1. The number of aryl methyl sites for hydroxylation is 1. The van der Waals surface area contributed by atoms with Gasteiger partial charge in [-0.2, -0.15) is 0 Å². The predicted molar refractivity (Wildman–Crippen MR) is 95.5 cm³/mol. The van der Waals surface area contributed by atoms with Crippen LogP contribution in [0.3, 0.4) is 0 Å². The molecule has 1 aromatic rings. The molecule has 0 aromatic heterocycles. The number of rotatable bonds is 4. The number of halogens is 1. The van der Waals surface area contributed by atoms with Crippen molar-refractivity contribution in [1.29, 1.82) is 0 Å². The van der Waals surface area contributed by atoms with Gasteiger partial charge in [-0.1, -0.05) is 28.8 Å². The molecule has 1 saturated carbocycles. The summed E-state index contributed by atoms with van der Waals surface area (Å²) in [6.45, 7) is 0.678. The molecule has 23 heavy (non-hydrogen) atoms. The number of nitrogens with zero attached hydrogens (tertiary/aromatic N) is 1. The average molecular weight is 400 g/mol. The lowest BCUT2D eigenvalue weighted by atomic mass is 10.0. The number of carbonyl (C=O) groups excluding carboxylic acids is 1. The molecule has 2 aliphatic rings. The molecular formula is C17H22BrNO3S. The fraction of sp³-hybridized carbons (Fsp3) is 0.588. The van der Waals surface area contributed by atoms with E-state index in [0.29, 0.717) is 6.54 Å². The molecule has 0 atom stereocenters. The van der Waals surface area contributed by atoms with Crippen LogP contribution >= 0.6 is 15.9 Å². The van der Waals surface area contributed by atoms with E-state index in [1.165, 1.54) is 0 Å². The summed E-state index contributed by atoms with van der Waals surface area (Å²) in [6, 6.07) is 5.92. The van der Waals surface area contributed by atoms with E-state index in [2.05, 4.69) is 15.9 Å². The molecular weight excluding hydrogens is 378 g/mol. The summed E-state index contributed by atoms with van der Waals surface area (Å²) in [5, 5.41) is -0.222. The summed E-state index contributed by atoms with van der Waals surface area (Å²) in [5.74, 6) is -0.0892. The van der Waals surface area contributed by atoms with Gasteiger partial charge >= 0.3 is 0 Å². The Kier molecular flexibility index (Phi) is 5.11. The Hall–Kier alpha value is -0.880. The predicted octanol–water partition coefficient (Wildman–Crippen LogP) is 3.48. The molecule has 6 heteroatoms. The summed E-state index contributed by atoms with van der Waals surface area (Å²) in [6.07, 6.45) is 5.48. The highest BCUT2D eigenvalue weighted by Crippen LogP contribution is 2.31. The quantitative estimate of drug-likeness (QED) is 0.778. The second-order valence-electron chi connectivity index (χ2n) is 6.45. The van der Waals surface area contributed by atoms with Crippen molar-refractivity contribution in [3.63, 3.8) is 0 Å². The van der Waals surface area contributed by atoms with E-state index in [1.54, 1.807) is 4.90 Å². The SMILES string of the molecule is O=C(CCS(=O)(=O)C1CCCC1)N1CCCc2cc(Br)ccc21.